The van der Waals surface area contributed by atoms with Crippen molar-refractivity contribution in [1.82, 2.24) is 23.8 Å². The molecule has 1 saturated heterocycles. The summed E-state index contributed by atoms with van der Waals surface area (Å²) in [4.78, 5) is 34.2. The van der Waals surface area contributed by atoms with Gasteiger partial charge in [0.25, 0.3) is 11.5 Å². The minimum absolute atomic E-state index is 0.0635. The first-order chi connectivity index (χ1) is 12.5. The fourth-order valence-electron chi connectivity index (χ4n) is 3.32. The maximum Gasteiger partial charge on any atom is 0.267 e. The number of likely N-dealkylation sites (N-methyl/N-ethyl adjacent to an activating group) is 1. The molecule has 1 amide bonds. The number of aryl methyl sites for hydroxylation is 1. The highest BCUT2D eigenvalue weighted by molar-refractivity contribution is 5.96. The summed E-state index contributed by atoms with van der Waals surface area (Å²) in [5, 5.41) is 8.74. The van der Waals surface area contributed by atoms with Crippen LogP contribution in [0, 0.1) is 5.41 Å². The summed E-state index contributed by atoms with van der Waals surface area (Å²) >= 11 is 0. The van der Waals surface area contributed by atoms with Crippen LogP contribution in [0.3, 0.4) is 0 Å². The highest BCUT2D eigenvalue weighted by Gasteiger charge is 2.23. The van der Waals surface area contributed by atoms with Crippen molar-refractivity contribution in [3.05, 3.63) is 51.9 Å². The zero-order chi connectivity index (χ0) is 18.4. The number of pyridine rings is 2. The van der Waals surface area contributed by atoms with E-state index in [1.165, 1.54) is 15.0 Å². The van der Waals surface area contributed by atoms with Gasteiger partial charge in [0, 0.05) is 39.4 Å². The number of carbonyl (C=O) groups excluding carboxylic acids is 1. The third kappa shape index (κ3) is 2.50. The van der Waals surface area contributed by atoms with Crippen molar-refractivity contribution in [3.63, 3.8) is 0 Å². The van der Waals surface area contributed by atoms with Crippen LogP contribution in [0.2, 0.25) is 0 Å². The number of nitrogens with zero attached hydrogens (tertiary/aromatic N) is 5. The van der Waals surface area contributed by atoms with Crippen molar-refractivity contribution < 1.29 is 4.79 Å². The molecular weight excluding hydrogens is 332 g/mol. The first-order valence-electron chi connectivity index (χ1n) is 8.51. The molecule has 8 heteroatoms. The topological polar surface area (TPSA) is 86.7 Å². The SMILES string of the molecule is CN1CCN(C(=O)c2cc3c(=O)n4ccccc4nc3n(C)c2=N)CC1. The van der Waals surface area contributed by atoms with Crippen molar-refractivity contribution >= 4 is 22.6 Å². The summed E-state index contributed by atoms with van der Waals surface area (Å²) < 4.78 is 2.96. The van der Waals surface area contributed by atoms with Crippen LogP contribution in [0.1, 0.15) is 10.4 Å². The second kappa shape index (κ2) is 6.06. The maximum atomic E-state index is 12.9. The van der Waals surface area contributed by atoms with E-state index in [1.807, 2.05) is 7.05 Å². The quantitative estimate of drug-likeness (QED) is 0.627. The molecule has 0 spiro atoms. The highest BCUT2D eigenvalue weighted by Crippen LogP contribution is 2.11. The standard InChI is InChI=1S/C18H20N6O2/c1-21-7-9-23(10-8-21)17(25)12-11-13-16(22(2)15(12)19)20-14-5-3-4-6-24(14)18(13)26/h3-6,11,19H,7-10H2,1-2H3. The number of rotatable bonds is 1. The molecule has 0 aliphatic carbocycles. The van der Waals surface area contributed by atoms with Crippen LogP contribution in [0.5, 0.6) is 0 Å². The largest absolute Gasteiger partial charge is 0.336 e. The van der Waals surface area contributed by atoms with Gasteiger partial charge in [-0.05, 0) is 25.2 Å². The third-order valence-corrected chi connectivity index (χ3v) is 4.97. The molecule has 1 aliphatic rings. The molecule has 0 saturated carbocycles. The summed E-state index contributed by atoms with van der Waals surface area (Å²) in [6.45, 7) is 2.83. The summed E-state index contributed by atoms with van der Waals surface area (Å²) in [6, 6.07) is 6.83. The Morgan fingerprint density at radius 2 is 1.88 bits per heavy atom. The van der Waals surface area contributed by atoms with E-state index in [2.05, 4.69) is 9.88 Å². The van der Waals surface area contributed by atoms with E-state index in [9.17, 15) is 9.59 Å². The molecule has 1 aliphatic heterocycles. The molecule has 3 aromatic heterocycles. The average molecular weight is 352 g/mol. The molecular formula is C18H20N6O2. The molecule has 1 N–H and O–H groups in total. The molecule has 1 fully saturated rings. The van der Waals surface area contributed by atoms with Gasteiger partial charge in [0.1, 0.15) is 16.8 Å². The van der Waals surface area contributed by atoms with E-state index < -0.39 is 0 Å². The number of piperazine rings is 1. The van der Waals surface area contributed by atoms with Gasteiger partial charge in [-0.15, -0.1) is 0 Å². The van der Waals surface area contributed by atoms with Gasteiger partial charge in [0.05, 0.1) is 10.9 Å². The monoisotopic (exact) mass is 352 g/mol. The number of nitrogens with one attached hydrogen (secondary N) is 1. The van der Waals surface area contributed by atoms with Gasteiger partial charge in [-0.2, -0.15) is 0 Å². The Hall–Kier alpha value is -3.00. The lowest BCUT2D eigenvalue weighted by molar-refractivity contribution is 0.0661. The lowest BCUT2D eigenvalue weighted by Gasteiger charge is -2.32. The van der Waals surface area contributed by atoms with Crippen LogP contribution in [0.15, 0.2) is 35.3 Å². The van der Waals surface area contributed by atoms with Crippen molar-refractivity contribution in [2.24, 2.45) is 7.05 Å². The minimum Gasteiger partial charge on any atom is -0.336 e. The van der Waals surface area contributed by atoms with Gasteiger partial charge in [-0.3, -0.25) is 19.4 Å². The smallest absolute Gasteiger partial charge is 0.267 e. The van der Waals surface area contributed by atoms with Gasteiger partial charge in [0.2, 0.25) is 0 Å². The maximum absolute atomic E-state index is 12.9. The molecule has 0 unspecified atom stereocenters. The summed E-state index contributed by atoms with van der Waals surface area (Å²) in [5.74, 6) is -0.210. The molecule has 134 valence electrons. The molecule has 0 aromatic carbocycles. The van der Waals surface area contributed by atoms with E-state index in [0.29, 0.717) is 29.8 Å². The van der Waals surface area contributed by atoms with Crippen molar-refractivity contribution in [2.45, 2.75) is 0 Å². The van der Waals surface area contributed by atoms with Crippen molar-refractivity contribution in [2.75, 3.05) is 33.2 Å². The lowest BCUT2D eigenvalue weighted by Crippen LogP contribution is -2.48. The van der Waals surface area contributed by atoms with Gasteiger partial charge < -0.3 is 14.4 Å². The van der Waals surface area contributed by atoms with Crippen LogP contribution >= 0.6 is 0 Å². The Morgan fingerprint density at radius 3 is 2.62 bits per heavy atom. The minimum atomic E-state index is -0.242. The zero-order valence-corrected chi connectivity index (χ0v) is 14.8. The summed E-state index contributed by atoms with van der Waals surface area (Å²) in [7, 11) is 3.68. The van der Waals surface area contributed by atoms with E-state index in [-0.39, 0.29) is 22.5 Å². The third-order valence-electron chi connectivity index (χ3n) is 4.97. The zero-order valence-electron chi connectivity index (χ0n) is 14.8. The van der Waals surface area contributed by atoms with E-state index in [4.69, 9.17) is 5.41 Å². The second-order valence-electron chi connectivity index (χ2n) is 6.64. The molecule has 4 rings (SSSR count). The van der Waals surface area contributed by atoms with Crippen molar-refractivity contribution in [3.8, 4) is 0 Å². The van der Waals surface area contributed by atoms with Gasteiger partial charge in [-0.1, -0.05) is 6.07 Å². The van der Waals surface area contributed by atoms with Crippen LogP contribution in [0.25, 0.3) is 16.7 Å². The predicted octanol–water partition coefficient (Wildman–Crippen LogP) is 0.0533. The Balaban J connectivity index is 1.91. The Bertz CT molecular complexity index is 1140. The number of amides is 1. The van der Waals surface area contributed by atoms with Gasteiger partial charge >= 0.3 is 0 Å². The van der Waals surface area contributed by atoms with E-state index in [0.717, 1.165) is 13.1 Å². The fourth-order valence-corrected chi connectivity index (χ4v) is 3.32. The van der Waals surface area contributed by atoms with Gasteiger partial charge in [0.15, 0.2) is 0 Å². The first kappa shape index (κ1) is 16.5. The lowest BCUT2D eigenvalue weighted by atomic mass is 10.1. The summed E-state index contributed by atoms with van der Waals surface area (Å²) in [6.07, 6.45) is 1.65. The number of fused-ring (bicyclic) bond motifs is 2. The Morgan fingerprint density at radius 1 is 1.15 bits per heavy atom. The number of aromatic nitrogens is 3. The molecule has 0 atom stereocenters. The number of hydrogen-bond acceptors (Lipinski definition) is 5. The van der Waals surface area contributed by atoms with E-state index in [1.54, 1.807) is 36.3 Å². The highest BCUT2D eigenvalue weighted by atomic mass is 16.2. The van der Waals surface area contributed by atoms with Gasteiger partial charge in [-0.25, -0.2) is 4.98 Å². The molecule has 8 nitrogen and oxygen atoms in total. The first-order valence-corrected chi connectivity index (χ1v) is 8.51. The molecule has 0 radical (unpaired) electrons. The van der Waals surface area contributed by atoms with Crippen LogP contribution < -0.4 is 11.0 Å². The normalized spacial score (nSPS) is 15.7. The predicted molar refractivity (Wildman–Crippen MR) is 97.2 cm³/mol. The van der Waals surface area contributed by atoms with E-state index >= 15 is 0 Å². The molecule has 3 aromatic rings. The average Bonchev–Trinajstić information content (AvgIpc) is 2.65. The van der Waals surface area contributed by atoms with Crippen LogP contribution in [0.4, 0.5) is 0 Å². The molecule has 26 heavy (non-hydrogen) atoms. The fraction of sp³-hybridized carbons (Fsp3) is 0.333. The molecule has 4 heterocycles. The van der Waals surface area contributed by atoms with Crippen LogP contribution in [-0.2, 0) is 7.05 Å². The number of hydrogen-bond donors (Lipinski definition) is 1. The Kier molecular flexibility index (Phi) is 3.84. The number of carbonyl (C=O) groups is 1. The molecule has 0 bridgehead atoms. The Labute approximate surface area is 149 Å². The summed E-state index contributed by atoms with van der Waals surface area (Å²) in [5.41, 5.74) is 0.973. The van der Waals surface area contributed by atoms with Crippen LogP contribution in [-0.4, -0.2) is 62.9 Å². The van der Waals surface area contributed by atoms with Crippen molar-refractivity contribution in [1.29, 1.82) is 5.41 Å². The second-order valence-corrected chi connectivity index (χ2v) is 6.64.